The molecule has 0 radical (unpaired) electrons. The largest absolute Gasteiger partial charge is 0.263 e. The molecule has 2 heteroatoms. The molecule has 54 valence electrons. The molecule has 0 atom stereocenters. The zero-order valence-electron chi connectivity index (χ0n) is 6.12. The van der Waals surface area contributed by atoms with E-state index in [1.807, 2.05) is 12.3 Å². The van der Waals surface area contributed by atoms with Gasteiger partial charge in [-0.2, -0.15) is 5.26 Å². The molecule has 1 aliphatic rings. The van der Waals surface area contributed by atoms with Crippen LogP contribution in [0, 0.1) is 11.3 Å². The van der Waals surface area contributed by atoms with Gasteiger partial charge in [0.2, 0.25) is 0 Å². The average Bonchev–Trinajstić information content (AvgIpc) is 2.87. The van der Waals surface area contributed by atoms with E-state index >= 15 is 0 Å². The van der Waals surface area contributed by atoms with E-state index in [2.05, 4.69) is 11.1 Å². The minimum Gasteiger partial charge on any atom is -0.263 e. The number of hydrogen-bond acceptors (Lipinski definition) is 2. The Kier molecular flexibility index (Phi) is 1.36. The van der Waals surface area contributed by atoms with Gasteiger partial charge in [-0.05, 0) is 30.4 Å². The Morgan fingerprint density at radius 3 is 2.91 bits per heavy atom. The van der Waals surface area contributed by atoms with Crippen LogP contribution >= 0.6 is 0 Å². The topological polar surface area (TPSA) is 36.7 Å². The minimum atomic E-state index is 0.675. The van der Waals surface area contributed by atoms with Crippen molar-refractivity contribution in [2.75, 3.05) is 0 Å². The van der Waals surface area contributed by atoms with Crippen LogP contribution in [0.5, 0.6) is 0 Å². The van der Waals surface area contributed by atoms with Crippen LogP contribution in [-0.4, -0.2) is 4.98 Å². The number of pyridine rings is 1. The third-order valence-corrected chi connectivity index (χ3v) is 1.94. The van der Waals surface area contributed by atoms with Crippen molar-refractivity contribution < 1.29 is 0 Å². The number of aromatic nitrogens is 1. The Labute approximate surface area is 65.5 Å². The van der Waals surface area contributed by atoms with Gasteiger partial charge in [0.1, 0.15) is 6.07 Å². The van der Waals surface area contributed by atoms with Crippen molar-refractivity contribution >= 4 is 0 Å². The second kappa shape index (κ2) is 2.35. The maximum atomic E-state index is 8.57. The molecule has 0 unspecified atom stereocenters. The van der Waals surface area contributed by atoms with Crippen LogP contribution in [0.3, 0.4) is 0 Å². The monoisotopic (exact) mass is 144 g/mol. The van der Waals surface area contributed by atoms with Gasteiger partial charge in [-0.25, -0.2) is 0 Å². The highest BCUT2D eigenvalue weighted by molar-refractivity contribution is 5.32. The molecule has 1 aromatic rings. The lowest BCUT2D eigenvalue weighted by Crippen LogP contribution is -1.83. The van der Waals surface area contributed by atoms with Crippen molar-refractivity contribution in [2.24, 2.45) is 0 Å². The van der Waals surface area contributed by atoms with Gasteiger partial charge in [0.05, 0.1) is 5.56 Å². The van der Waals surface area contributed by atoms with Crippen LogP contribution in [0.4, 0.5) is 0 Å². The standard InChI is InChI=1S/C9H8N2/c10-4-7-3-9(6-11-5-7)8-1-2-8/h3,5-6,8H,1-2H2. The van der Waals surface area contributed by atoms with Crippen LogP contribution in [0.2, 0.25) is 0 Å². The summed E-state index contributed by atoms with van der Waals surface area (Å²) in [6.07, 6.45) is 5.98. The second-order valence-corrected chi connectivity index (χ2v) is 2.89. The summed E-state index contributed by atoms with van der Waals surface area (Å²) in [5.41, 5.74) is 1.90. The summed E-state index contributed by atoms with van der Waals surface area (Å²) in [6.45, 7) is 0. The first-order valence-corrected chi connectivity index (χ1v) is 3.75. The van der Waals surface area contributed by atoms with E-state index in [1.54, 1.807) is 6.20 Å². The Morgan fingerprint density at radius 1 is 1.45 bits per heavy atom. The van der Waals surface area contributed by atoms with E-state index in [0.717, 1.165) is 0 Å². The van der Waals surface area contributed by atoms with E-state index in [9.17, 15) is 0 Å². The third kappa shape index (κ3) is 1.22. The number of rotatable bonds is 1. The lowest BCUT2D eigenvalue weighted by molar-refractivity contribution is 1.09. The van der Waals surface area contributed by atoms with Crippen molar-refractivity contribution in [3.8, 4) is 6.07 Å². The van der Waals surface area contributed by atoms with Gasteiger partial charge in [-0.1, -0.05) is 0 Å². The Hall–Kier alpha value is -1.36. The van der Waals surface area contributed by atoms with Crippen LogP contribution < -0.4 is 0 Å². The predicted octanol–water partition coefficient (Wildman–Crippen LogP) is 1.83. The molecule has 1 aromatic heterocycles. The minimum absolute atomic E-state index is 0.675. The van der Waals surface area contributed by atoms with E-state index < -0.39 is 0 Å². The van der Waals surface area contributed by atoms with Gasteiger partial charge in [0, 0.05) is 12.4 Å². The van der Waals surface area contributed by atoms with E-state index in [4.69, 9.17) is 5.26 Å². The first-order chi connectivity index (χ1) is 5.40. The molecule has 0 bridgehead atoms. The molecule has 0 amide bonds. The molecule has 0 spiro atoms. The summed E-state index contributed by atoms with van der Waals surface area (Å²) < 4.78 is 0. The molecule has 0 aromatic carbocycles. The predicted molar refractivity (Wildman–Crippen MR) is 40.9 cm³/mol. The van der Waals surface area contributed by atoms with Crippen LogP contribution in [0.1, 0.15) is 29.9 Å². The van der Waals surface area contributed by atoms with Gasteiger partial charge < -0.3 is 0 Å². The molecule has 2 nitrogen and oxygen atoms in total. The maximum absolute atomic E-state index is 8.57. The van der Waals surface area contributed by atoms with Crippen molar-refractivity contribution in [1.29, 1.82) is 5.26 Å². The van der Waals surface area contributed by atoms with E-state index in [-0.39, 0.29) is 0 Å². The lowest BCUT2D eigenvalue weighted by atomic mass is 10.1. The molecule has 11 heavy (non-hydrogen) atoms. The summed E-state index contributed by atoms with van der Waals surface area (Å²) in [6, 6.07) is 4.02. The second-order valence-electron chi connectivity index (χ2n) is 2.89. The molecular formula is C9H8N2. The van der Waals surface area contributed by atoms with Crippen LogP contribution in [0.15, 0.2) is 18.5 Å². The summed E-state index contributed by atoms with van der Waals surface area (Å²) in [4.78, 5) is 3.99. The summed E-state index contributed by atoms with van der Waals surface area (Å²) in [5.74, 6) is 0.691. The molecule has 0 aliphatic heterocycles. The van der Waals surface area contributed by atoms with Gasteiger partial charge in [-0.15, -0.1) is 0 Å². The summed E-state index contributed by atoms with van der Waals surface area (Å²) in [7, 11) is 0. The molecule has 0 N–H and O–H groups in total. The fourth-order valence-corrected chi connectivity index (χ4v) is 1.16. The smallest absolute Gasteiger partial charge is 0.101 e. The fraction of sp³-hybridized carbons (Fsp3) is 0.333. The highest BCUT2D eigenvalue weighted by Gasteiger charge is 2.23. The maximum Gasteiger partial charge on any atom is 0.101 e. The van der Waals surface area contributed by atoms with Gasteiger partial charge in [0.25, 0.3) is 0 Å². The quantitative estimate of drug-likeness (QED) is 0.603. The van der Waals surface area contributed by atoms with Gasteiger partial charge in [-0.3, -0.25) is 4.98 Å². The van der Waals surface area contributed by atoms with E-state index in [1.165, 1.54) is 18.4 Å². The normalized spacial score (nSPS) is 15.9. The molecule has 1 heterocycles. The molecule has 2 rings (SSSR count). The molecule has 1 saturated carbocycles. The molecule has 1 aliphatic carbocycles. The first-order valence-electron chi connectivity index (χ1n) is 3.75. The number of hydrogen-bond donors (Lipinski definition) is 0. The SMILES string of the molecule is N#Cc1cncc(C2CC2)c1. The van der Waals surface area contributed by atoms with Crippen molar-refractivity contribution in [3.63, 3.8) is 0 Å². The molecule has 1 fully saturated rings. The molecular weight excluding hydrogens is 136 g/mol. The van der Waals surface area contributed by atoms with Gasteiger partial charge >= 0.3 is 0 Å². The zero-order chi connectivity index (χ0) is 7.68. The number of nitrogens with zero attached hydrogens (tertiary/aromatic N) is 2. The Balaban J connectivity index is 2.35. The van der Waals surface area contributed by atoms with Crippen molar-refractivity contribution in [3.05, 3.63) is 29.6 Å². The van der Waals surface area contributed by atoms with E-state index in [0.29, 0.717) is 11.5 Å². The lowest BCUT2D eigenvalue weighted by Gasteiger charge is -1.94. The Bertz CT molecular complexity index is 308. The number of nitriles is 1. The average molecular weight is 144 g/mol. The van der Waals surface area contributed by atoms with Crippen LogP contribution in [-0.2, 0) is 0 Å². The summed E-state index contributed by atoms with van der Waals surface area (Å²) >= 11 is 0. The van der Waals surface area contributed by atoms with Gasteiger partial charge in [0.15, 0.2) is 0 Å². The first kappa shape index (κ1) is 6.36. The molecule has 0 saturated heterocycles. The highest BCUT2D eigenvalue weighted by Crippen LogP contribution is 2.39. The zero-order valence-corrected chi connectivity index (χ0v) is 6.12. The van der Waals surface area contributed by atoms with Crippen LogP contribution in [0.25, 0.3) is 0 Å². The summed E-state index contributed by atoms with van der Waals surface area (Å²) in [5, 5.41) is 8.57. The third-order valence-electron chi connectivity index (χ3n) is 1.94. The highest BCUT2D eigenvalue weighted by atomic mass is 14.6. The van der Waals surface area contributed by atoms with Crippen molar-refractivity contribution in [2.45, 2.75) is 18.8 Å². The fourth-order valence-electron chi connectivity index (χ4n) is 1.16. The Morgan fingerprint density at radius 2 is 2.27 bits per heavy atom. The van der Waals surface area contributed by atoms with Crippen molar-refractivity contribution in [1.82, 2.24) is 4.98 Å².